The summed E-state index contributed by atoms with van der Waals surface area (Å²) in [5, 5.41) is 12.5. The van der Waals surface area contributed by atoms with Gasteiger partial charge >= 0.3 is 0 Å². The van der Waals surface area contributed by atoms with Crippen LogP contribution in [-0.4, -0.2) is 4.98 Å². The lowest BCUT2D eigenvalue weighted by Crippen LogP contribution is -2.12. The third kappa shape index (κ3) is 4.65. The number of para-hydroxylation sites is 1. The van der Waals surface area contributed by atoms with Gasteiger partial charge in [0.15, 0.2) is 0 Å². The monoisotopic (exact) mass is 749 g/mol. The zero-order chi connectivity index (χ0) is 36.7. The molecule has 0 amide bonds. The predicted octanol–water partition coefficient (Wildman–Crippen LogP) is 15.7. The van der Waals surface area contributed by atoms with Gasteiger partial charge in [-0.25, -0.2) is 4.98 Å². The molecule has 0 saturated carbocycles. The number of benzene rings is 9. The minimum absolute atomic E-state index is 0.889. The van der Waals surface area contributed by atoms with Crippen LogP contribution in [0, 0.1) is 0 Å². The van der Waals surface area contributed by atoms with E-state index in [1.807, 2.05) is 34.9 Å². The Morgan fingerprint density at radius 3 is 1.43 bits per heavy atom. The number of nitrogens with zero attached hydrogens (tertiary/aromatic N) is 3. The number of pyridine rings is 1. The minimum atomic E-state index is 0.889. The Hall–Kier alpha value is -6.79. The first-order chi connectivity index (χ1) is 27.8. The molecule has 12 rings (SSSR count). The molecule has 5 heteroatoms. The van der Waals surface area contributed by atoms with E-state index in [4.69, 9.17) is 4.98 Å². The van der Waals surface area contributed by atoms with Crippen molar-refractivity contribution in [3.63, 3.8) is 0 Å². The molecule has 0 saturated heterocycles. The van der Waals surface area contributed by atoms with Gasteiger partial charge in [0, 0.05) is 53.6 Å². The summed E-state index contributed by atoms with van der Waals surface area (Å²) in [6, 6.07) is 66.3. The van der Waals surface area contributed by atoms with Crippen LogP contribution in [0.15, 0.2) is 188 Å². The van der Waals surface area contributed by atoms with E-state index >= 15 is 0 Å². The molecular formula is C51H31N3S2. The molecule has 0 bridgehead atoms. The van der Waals surface area contributed by atoms with E-state index in [-0.39, 0.29) is 0 Å². The largest absolute Gasteiger partial charge is 0.308 e. The zero-order valence-electron chi connectivity index (χ0n) is 30.1. The summed E-state index contributed by atoms with van der Waals surface area (Å²) in [5.74, 6) is 0.889. The van der Waals surface area contributed by atoms with Crippen molar-refractivity contribution in [3.05, 3.63) is 188 Å². The molecule has 3 nitrogen and oxygen atoms in total. The van der Waals surface area contributed by atoms with Crippen molar-refractivity contribution >= 4 is 130 Å². The van der Waals surface area contributed by atoms with Gasteiger partial charge in [0.25, 0.3) is 0 Å². The lowest BCUT2D eigenvalue weighted by atomic mass is 9.91. The average molecular weight is 750 g/mol. The normalized spacial score (nSPS) is 11.9. The van der Waals surface area contributed by atoms with Crippen molar-refractivity contribution in [2.45, 2.75) is 0 Å². The Labute approximate surface area is 330 Å². The van der Waals surface area contributed by atoms with Crippen LogP contribution in [0.25, 0.3) is 72.7 Å². The smallest absolute Gasteiger partial charge is 0.137 e. The van der Waals surface area contributed by atoms with E-state index in [2.05, 4.69) is 186 Å². The van der Waals surface area contributed by atoms with Crippen molar-refractivity contribution in [2.75, 3.05) is 9.80 Å². The van der Waals surface area contributed by atoms with Gasteiger partial charge in [-0.05, 0) is 82.2 Å². The van der Waals surface area contributed by atoms with Crippen molar-refractivity contribution in [2.24, 2.45) is 0 Å². The molecule has 56 heavy (non-hydrogen) atoms. The first-order valence-electron chi connectivity index (χ1n) is 18.9. The molecule has 0 aliphatic heterocycles. The van der Waals surface area contributed by atoms with E-state index in [0.29, 0.717) is 0 Å². The van der Waals surface area contributed by atoms with E-state index in [1.165, 1.54) is 78.3 Å². The Bertz CT molecular complexity index is 3210. The standard InChI is InChI=1S/C51H31N3S2/c1-2-12-34(13-3-1)53(43-18-10-16-37-35-14-4-6-20-45(35)55-50(37)43)41-29-25-32-24-28-40-42(30-26-33-23-27-39(41)48(32)49(33)40)54(47-22-8-9-31-52-47)44-19-11-17-38-36-15-5-7-21-46(36)56-51(38)44/h1-31H. The maximum atomic E-state index is 4.97. The molecule has 0 unspecified atom stereocenters. The topological polar surface area (TPSA) is 19.4 Å². The molecule has 0 N–H and O–H groups in total. The molecule has 0 spiro atoms. The maximum absolute atomic E-state index is 4.97. The fraction of sp³-hybridized carbons (Fsp3) is 0. The van der Waals surface area contributed by atoms with Gasteiger partial charge in [-0.2, -0.15) is 0 Å². The van der Waals surface area contributed by atoms with E-state index < -0.39 is 0 Å². The first-order valence-corrected chi connectivity index (χ1v) is 20.5. The highest BCUT2D eigenvalue weighted by Gasteiger charge is 2.25. The molecule has 0 aliphatic rings. The Kier molecular flexibility index (Phi) is 6.97. The number of anilines is 6. The quantitative estimate of drug-likeness (QED) is 0.158. The molecule has 0 fully saturated rings. The Morgan fingerprint density at radius 2 is 0.839 bits per heavy atom. The van der Waals surface area contributed by atoms with Gasteiger partial charge < -0.3 is 4.90 Å². The summed E-state index contributed by atoms with van der Waals surface area (Å²) >= 11 is 3.72. The zero-order valence-corrected chi connectivity index (χ0v) is 31.7. The molecule has 3 aromatic heterocycles. The average Bonchev–Trinajstić information content (AvgIpc) is 3.84. The summed E-state index contributed by atoms with van der Waals surface area (Å²) < 4.78 is 5.12. The second-order valence-electron chi connectivity index (χ2n) is 14.3. The molecule has 3 heterocycles. The summed E-state index contributed by atoms with van der Waals surface area (Å²) in [5.41, 5.74) is 5.71. The summed E-state index contributed by atoms with van der Waals surface area (Å²) in [6.45, 7) is 0. The number of thiophene rings is 2. The number of hydrogen-bond acceptors (Lipinski definition) is 5. The lowest BCUT2D eigenvalue weighted by Gasteiger charge is -2.29. The van der Waals surface area contributed by atoms with Crippen LogP contribution in [-0.2, 0) is 0 Å². The van der Waals surface area contributed by atoms with Gasteiger partial charge in [0.05, 0.1) is 32.1 Å². The molecule has 262 valence electrons. The number of hydrogen-bond donors (Lipinski definition) is 0. The fourth-order valence-corrected chi connectivity index (χ4v) is 11.2. The van der Waals surface area contributed by atoms with Crippen LogP contribution in [0.1, 0.15) is 0 Å². The van der Waals surface area contributed by atoms with Crippen LogP contribution >= 0.6 is 22.7 Å². The minimum Gasteiger partial charge on any atom is -0.308 e. The number of fused-ring (bicyclic) bond motifs is 6. The van der Waals surface area contributed by atoms with E-state index in [9.17, 15) is 0 Å². The molecule has 12 aromatic rings. The molecular weight excluding hydrogens is 719 g/mol. The van der Waals surface area contributed by atoms with Crippen molar-refractivity contribution < 1.29 is 0 Å². The SMILES string of the molecule is c1ccc(N(c2ccc3ccc4c(N(c5ccccn5)c5cccc6c5sc5ccccc56)ccc5ccc2c3c54)c2cccc3c2sc2ccccc23)cc1. The van der Waals surface area contributed by atoms with Gasteiger partial charge in [-0.1, -0.05) is 121 Å². The maximum Gasteiger partial charge on any atom is 0.137 e. The highest BCUT2D eigenvalue weighted by molar-refractivity contribution is 7.26. The van der Waals surface area contributed by atoms with Gasteiger partial charge in [-0.15, -0.1) is 22.7 Å². The third-order valence-electron chi connectivity index (χ3n) is 11.2. The van der Waals surface area contributed by atoms with Gasteiger partial charge in [0.2, 0.25) is 0 Å². The predicted molar refractivity (Wildman–Crippen MR) is 243 cm³/mol. The van der Waals surface area contributed by atoms with Crippen LogP contribution in [0.5, 0.6) is 0 Å². The van der Waals surface area contributed by atoms with Crippen LogP contribution in [0.2, 0.25) is 0 Å². The lowest BCUT2D eigenvalue weighted by molar-refractivity contribution is 1.20. The summed E-state index contributed by atoms with van der Waals surface area (Å²) in [7, 11) is 0. The van der Waals surface area contributed by atoms with E-state index in [0.717, 1.165) is 28.6 Å². The Balaban J connectivity index is 1.13. The fourth-order valence-electron chi connectivity index (χ4n) is 8.82. The number of rotatable bonds is 6. The van der Waals surface area contributed by atoms with Crippen molar-refractivity contribution in [3.8, 4) is 0 Å². The molecule has 0 atom stereocenters. The van der Waals surface area contributed by atoms with Crippen molar-refractivity contribution in [1.82, 2.24) is 4.98 Å². The molecule has 0 radical (unpaired) electrons. The van der Waals surface area contributed by atoms with Crippen LogP contribution in [0.3, 0.4) is 0 Å². The van der Waals surface area contributed by atoms with Crippen LogP contribution < -0.4 is 9.80 Å². The highest BCUT2D eigenvalue weighted by atomic mass is 32.1. The third-order valence-corrected chi connectivity index (χ3v) is 13.7. The molecule has 9 aromatic carbocycles. The first kappa shape index (κ1) is 31.5. The van der Waals surface area contributed by atoms with Crippen LogP contribution in [0.4, 0.5) is 34.3 Å². The second kappa shape index (κ2) is 12.4. The highest BCUT2D eigenvalue weighted by Crippen LogP contribution is 2.51. The number of aromatic nitrogens is 1. The van der Waals surface area contributed by atoms with Gasteiger partial charge in [-0.3, -0.25) is 4.90 Å². The van der Waals surface area contributed by atoms with Crippen molar-refractivity contribution in [1.29, 1.82) is 0 Å². The second-order valence-corrected chi connectivity index (χ2v) is 16.4. The molecule has 0 aliphatic carbocycles. The summed E-state index contributed by atoms with van der Waals surface area (Å²) in [6.07, 6.45) is 1.89. The summed E-state index contributed by atoms with van der Waals surface area (Å²) in [4.78, 5) is 9.80. The van der Waals surface area contributed by atoms with E-state index in [1.54, 1.807) is 0 Å². The van der Waals surface area contributed by atoms with Gasteiger partial charge in [0.1, 0.15) is 5.82 Å². The Morgan fingerprint density at radius 1 is 0.339 bits per heavy atom.